The number of allylic oxidation sites excluding steroid dienone is 1. The molecule has 11 atom stereocenters. The third-order valence-corrected chi connectivity index (χ3v) is 13.3. The van der Waals surface area contributed by atoms with E-state index in [1.165, 1.54) is 6.92 Å². The molecular formula is C32H50O5. The van der Waals surface area contributed by atoms with Crippen molar-refractivity contribution in [3.63, 3.8) is 0 Å². The standard InChI is InChI=1S/C32H50O5/c1-18(33)36-17-32-12-10-21-29(6)11-9-20-28(4,5)25(35)19(34)15-30(20,7)24(29)23-26(37-23)31(21,8)22(32)16-27(2,3)13-14-32/h10,19-20,22-26,34-35H,9,11-17H2,1-8H3/t19-,20+,22+,23+,24+,25+,26+,29+,30+,31-,32+/m1/s1. The van der Waals surface area contributed by atoms with Crippen LogP contribution in [-0.4, -0.2) is 47.2 Å². The molecule has 4 saturated carbocycles. The Bertz CT molecular complexity index is 1030. The number of aliphatic hydroxyl groups excluding tert-OH is 2. The van der Waals surface area contributed by atoms with Crippen LogP contribution in [0.4, 0.5) is 0 Å². The van der Waals surface area contributed by atoms with Crippen LogP contribution in [0.2, 0.25) is 0 Å². The second-order valence-corrected chi connectivity index (χ2v) is 16.2. The molecule has 1 heterocycles. The number of hydrogen-bond acceptors (Lipinski definition) is 5. The van der Waals surface area contributed by atoms with Gasteiger partial charge in [-0.15, -0.1) is 0 Å². The Labute approximate surface area is 223 Å². The maximum atomic E-state index is 11.9. The average Bonchev–Trinajstić information content (AvgIpc) is 3.57. The van der Waals surface area contributed by atoms with Gasteiger partial charge in [0.2, 0.25) is 0 Å². The van der Waals surface area contributed by atoms with Gasteiger partial charge in [0.25, 0.3) is 0 Å². The molecule has 0 bridgehead atoms. The lowest BCUT2D eigenvalue weighted by atomic mass is 9.34. The highest BCUT2D eigenvalue weighted by molar-refractivity contribution is 5.66. The fraction of sp³-hybridized carbons (Fsp3) is 0.906. The van der Waals surface area contributed by atoms with Crippen LogP contribution >= 0.6 is 0 Å². The molecule has 0 aromatic rings. The van der Waals surface area contributed by atoms with Crippen molar-refractivity contribution in [1.82, 2.24) is 0 Å². The monoisotopic (exact) mass is 514 g/mol. The summed E-state index contributed by atoms with van der Waals surface area (Å²) in [6.45, 7) is 18.6. The summed E-state index contributed by atoms with van der Waals surface area (Å²) in [7, 11) is 0. The van der Waals surface area contributed by atoms with Gasteiger partial charge in [-0.2, -0.15) is 0 Å². The van der Waals surface area contributed by atoms with Crippen molar-refractivity contribution in [2.45, 2.75) is 125 Å². The van der Waals surface area contributed by atoms with Crippen LogP contribution in [0.5, 0.6) is 0 Å². The van der Waals surface area contributed by atoms with Crippen molar-refractivity contribution in [3.05, 3.63) is 11.6 Å². The number of epoxide rings is 1. The molecule has 6 rings (SSSR count). The van der Waals surface area contributed by atoms with Crippen LogP contribution in [0.25, 0.3) is 0 Å². The van der Waals surface area contributed by atoms with Gasteiger partial charge in [0, 0.05) is 23.7 Å². The lowest BCUT2D eigenvalue weighted by molar-refractivity contribution is -0.215. The van der Waals surface area contributed by atoms with Gasteiger partial charge in [0.15, 0.2) is 0 Å². The largest absolute Gasteiger partial charge is 0.465 e. The molecule has 0 aromatic carbocycles. The van der Waals surface area contributed by atoms with Crippen LogP contribution in [0.15, 0.2) is 11.6 Å². The van der Waals surface area contributed by atoms with Crippen LogP contribution in [0, 0.1) is 50.2 Å². The summed E-state index contributed by atoms with van der Waals surface area (Å²) in [5, 5.41) is 22.1. The maximum Gasteiger partial charge on any atom is 0.302 e. The van der Waals surface area contributed by atoms with E-state index >= 15 is 0 Å². The van der Waals surface area contributed by atoms with Gasteiger partial charge in [-0.25, -0.2) is 0 Å². The molecular weight excluding hydrogens is 464 g/mol. The molecule has 0 spiro atoms. The Morgan fingerprint density at radius 1 is 1.03 bits per heavy atom. The molecule has 0 radical (unpaired) electrons. The van der Waals surface area contributed by atoms with Crippen molar-refractivity contribution in [1.29, 1.82) is 0 Å². The Kier molecular flexibility index (Phi) is 5.43. The second kappa shape index (κ2) is 7.63. The van der Waals surface area contributed by atoms with Gasteiger partial charge in [-0.3, -0.25) is 4.79 Å². The first-order valence-corrected chi connectivity index (χ1v) is 14.9. The van der Waals surface area contributed by atoms with E-state index in [2.05, 4.69) is 54.5 Å². The zero-order valence-corrected chi connectivity index (χ0v) is 24.4. The normalized spacial score (nSPS) is 54.9. The van der Waals surface area contributed by atoms with E-state index in [4.69, 9.17) is 9.47 Å². The third-order valence-electron chi connectivity index (χ3n) is 13.3. The molecule has 0 aromatic heterocycles. The molecule has 0 amide bonds. The van der Waals surface area contributed by atoms with Crippen molar-refractivity contribution in [3.8, 4) is 0 Å². The zero-order chi connectivity index (χ0) is 27.0. The highest BCUT2D eigenvalue weighted by atomic mass is 16.6. The van der Waals surface area contributed by atoms with Gasteiger partial charge >= 0.3 is 5.97 Å². The van der Waals surface area contributed by atoms with Crippen molar-refractivity contribution >= 4 is 5.97 Å². The van der Waals surface area contributed by atoms with Gasteiger partial charge in [0.1, 0.15) is 0 Å². The summed E-state index contributed by atoms with van der Waals surface area (Å²) in [5.41, 5.74) is 1.34. The number of fused-ring (bicyclic) bond motifs is 10. The highest BCUT2D eigenvalue weighted by Crippen LogP contribution is 2.78. The number of hydrogen-bond donors (Lipinski definition) is 2. The van der Waals surface area contributed by atoms with E-state index in [1.807, 2.05) is 0 Å². The first-order valence-electron chi connectivity index (χ1n) is 14.9. The Morgan fingerprint density at radius 2 is 1.73 bits per heavy atom. The van der Waals surface area contributed by atoms with Gasteiger partial charge in [-0.05, 0) is 78.4 Å². The van der Waals surface area contributed by atoms with E-state index in [0.29, 0.717) is 30.8 Å². The molecule has 208 valence electrons. The van der Waals surface area contributed by atoms with Crippen molar-refractivity contribution in [2.24, 2.45) is 50.2 Å². The van der Waals surface area contributed by atoms with E-state index in [0.717, 1.165) is 38.5 Å². The Balaban J connectivity index is 1.45. The summed E-state index contributed by atoms with van der Waals surface area (Å²) >= 11 is 0. The maximum absolute atomic E-state index is 11.9. The number of rotatable bonds is 2. The lowest BCUT2D eigenvalue weighted by Gasteiger charge is -2.69. The lowest BCUT2D eigenvalue weighted by Crippen LogP contribution is -2.67. The number of carbonyl (C=O) groups is 1. The van der Waals surface area contributed by atoms with Gasteiger partial charge in [0.05, 0.1) is 31.0 Å². The predicted molar refractivity (Wildman–Crippen MR) is 142 cm³/mol. The smallest absolute Gasteiger partial charge is 0.302 e. The fourth-order valence-corrected chi connectivity index (χ4v) is 11.6. The van der Waals surface area contributed by atoms with Gasteiger partial charge < -0.3 is 19.7 Å². The number of ether oxygens (including phenoxy) is 2. The third kappa shape index (κ3) is 3.29. The molecule has 6 aliphatic rings. The molecule has 5 aliphatic carbocycles. The summed E-state index contributed by atoms with van der Waals surface area (Å²) in [5.74, 6) is 0.922. The first-order chi connectivity index (χ1) is 17.0. The molecule has 1 saturated heterocycles. The first kappa shape index (κ1) is 26.3. The molecule has 5 heteroatoms. The average molecular weight is 515 g/mol. The van der Waals surface area contributed by atoms with Crippen LogP contribution in [0.1, 0.15) is 100 Å². The molecule has 2 N–H and O–H groups in total. The van der Waals surface area contributed by atoms with E-state index in [9.17, 15) is 15.0 Å². The SMILES string of the molecule is CC(=O)OC[C@@]12CC=C3[C@](C)([C@@H]1CC(C)(C)CC2)[C@H]1O[C@H]1[C@@H]1[C@@]2(C)C[C@@H](O)[C@H](O)C(C)(C)[C@@H]2CC[C@@]31C. The predicted octanol–water partition coefficient (Wildman–Crippen LogP) is 5.67. The van der Waals surface area contributed by atoms with Crippen molar-refractivity contribution in [2.75, 3.05) is 6.61 Å². The Morgan fingerprint density at radius 3 is 2.41 bits per heavy atom. The van der Waals surface area contributed by atoms with Gasteiger partial charge in [-0.1, -0.05) is 60.1 Å². The molecule has 0 unspecified atom stereocenters. The van der Waals surface area contributed by atoms with Crippen molar-refractivity contribution < 1.29 is 24.5 Å². The van der Waals surface area contributed by atoms with Crippen LogP contribution < -0.4 is 0 Å². The minimum absolute atomic E-state index is 0.00490. The topological polar surface area (TPSA) is 79.3 Å². The number of aliphatic hydroxyl groups is 2. The summed E-state index contributed by atoms with van der Waals surface area (Å²) < 4.78 is 12.6. The minimum atomic E-state index is -0.694. The number of esters is 1. The minimum Gasteiger partial charge on any atom is -0.465 e. The van der Waals surface area contributed by atoms with E-state index in [1.54, 1.807) is 5.57 Å². The molecule has 37 heavy (non-hydrogen) atoms. The number of carbonyl (C=O) groups excluding carboxylic acids is 1. The molecule has 1 aliphatic heterocycles. The van der Waals surface area contributed by atoms with E-state index in [-0.39, 0.29) is 50.7 Å². The van der Waals surface area contributed by atoms with Crippen LogP contribution in [-0.2, 0) is 14.3 Å². The second-order valence-electron chi connectivity index (χ2n) is 16.2. The fourth-order valence-electron chi connectivity index (χ4n) is 11.6. The van der Waals surface area contributed by atoms with E-state index < -0.39 is 12.2 Å². The quantitative estimate of drug-likeness (QED) is 0.282. The van der Waals surface area contributed by atoms with Crippen LogP contribution in [0.3, 0.4) is 0 Å². The summed E-state index contributed by atoms with van der Waals surface area (Å²) in [6, 6.07) is 0. The summed E-state index contributed by atoms with van der Waals surface area (Å²) in [4.78, 5) is 11.9. The zero-order valence-electron chi connectivity index (χ0n) is 24.4. The molecule has 5 nitrogen and oxygen atoms in total. The highest BCUT2D eigenvalue weighted by Gasteiger charge is 2.78. The molecule has 5 fully saturated rings. The summed E-state index contributed by atoms with van der Waals surface area (Å²) in [6.07, 6.45) is 8.72. The Hall–Kier alpha value is -0.910.